The zero-order valence-electron chi connectivity index (χ0n) is 18.2. The summed E-state index contributed by atoms with van der Waals surface area (Å²) in [7, 11) is 2.10. The third-order valence-electron chi connectivity index (χ3n) is 6.53. The number of hydrogen-bond acceptors (Lipinski definition) is 7. The lowest BCUT2D eigenvalue weighted by molar-refractivity contribution is 0.0767. The first-order chi connectivity index (χ1) is 15.1. The van der Waals surface area contributed by atoms with Gasteiger partial charge >= 0.3 is 0 Å². The van der Waals surface area contributed by atoms with E-state index in [4.69, 9.17) is 4.52 Å². The zero-order valence-corrected chi connectivity index (χ0v) is 19.0. The van der Waals surface area contributed by atoms with Crippen LogP contribution >= 0.6 is 11.3 Å². The molecule has 2 saturated heterocycles. The molecule has 1 aromatic carbocycles. The van der Waals surface area contributed by atoms with Crippen molar-refractivity contribution in [3.05, 3.63) is 29.3 Å². The van der Waals surface area contributed by atoms with E-state index in [1.54, 1.807) is 6.20 Å². The van der Waals surface area contributed by atoms with Crippen molar-refractivity contribution >= 4 is 33.9 Å². The average Bonchev–Trinajstić information content (AvgIpc) is 3.37. The van der Waals surface area contributed by atoms with Gasteiger partial charge in [0.25, 0.3) is 5.91 Å². The molecule has 0 bridgehead atoms. The van der Waals surface area contributed by atoms with Gasteiger partial charge in [-0.2, -0.15) is 0 Å². The summed E-state index contributed by atoms with van der Waals surface area (Å²) in [4.78, 5) is 24.8. The normalized spacial score (nSPS) is 19.2. The van der Waals surface area contributed by atoms with Crippen molar-refractivity contribution < 1.29 is 9.32 Å². The van der Waals surface area contributed by atoms with Crippen molar-refractivity contribution in [1.82, 2.24) is 19.9 Å². The molecule has 0 atom stereocenters. The van der Waals surface area contributed by atoms with Gasteiger partial charge in [0.2, 0.25) is 0 Å². The number of rotatable bonds is 3. The monoisotopic (exact) mass is 439 g/mol. The van der Waals surface area contributed by atoms with Gasteiger partial charge in [-0.3, -0.25) is 4.79 Å². The van der Waals surface area contributed by atoms with E-state index < -0.39 is 0 Å². The Kier molecular flexibility index (Phi) is 5.67. The lowest BCUT2D eigenvalue weighted by Crippen LogP contribution is -2.34. The summed E-state index contributed by atoms with van der Waals surface area (Å²) in [5.41, 5.74) is 2.67. The number of benzene rings is 1. The molecule has 2 aliphatic rings. The van der Waals surface area contributed by atoms with E-state index in [2.05, 4.69) is 52.1 Å². The number of hydrogen-bond donors (Lipinski definition) is 0. The smallest absolute Gasteiger partial charge is 0.265 e. The first-order valence-corrected chi connectivity index (χ1v) is 12.0. The summed E-state index contributed by atoms with van der Waals surface area (Å²) < 4.78 is 5.66. The Hall–Kier alpha value is -2.45. The van der Waals surface area contributed by atoms with Crippen molar-refractivity contribution in [2.45, 2.75) is 26.2 Å². The van der Waals surface area contributed by atoms with Crippen molar-refractivity contribution in [2.24, 2.45) is 5.92 Å². The zero-order chi connectivity index (χ0) is 21.4. The first kappa shape index (κ1) is 20.5. The van der Waals surface area contributed by atoms with Gasteiger partial charge in [0.05, 0.1) is 11.6 Å². The van der Waals surface area contributed by atoms with Gasteiger partial charge < -0.3 is 19.2 Å². The molecule has 2 fully saturated rings. The summed E-state index contributed by atoms with van der Waals surface area (Å²) in [6, 6.07) is 6.30. The molecule has 5 rings (SSSR count). The molecule has 1 amide bonds. The topological polar surface area (TPSA) is 65.7 Å². The Bertz CT molecular complexity index is 1070. The van der Waals surface area contributed by atoms with Crippen LogP contribution in [0, 0.1) is 5.92 Å². The molecular weight excluding hydrogens is 410 g/mol. The number of thiazole rings is 1. The number of fused-ring (bicyclic) bond motifs is 1. The van der Waals surface area contributed by atoms with Gasteiger partial charge in [-0.15, -0.1) is 11.3 Å². The Morgan fingerprint density at radius 3 is 2.81 bits per heavy atom. The predicted molar refractivity (Wildman–Crippen MR) is 124 cm³/mol. The highest BCUT2D eigenvalue weighted by atomic mass is 32.1. The summed E-state index contributed by atoms with van der Waals surface area (Å²) >= 11 is 1.40. The van der Waals surface area contributed by atoms with Crippen LogP contribution in [0.4, 0.5) is 5.69 Å². The fourth-order valence-electron chi connectivity index (χ4n) is 4.43. The second-order valence-electron chi connectivity index (χ2n) is 8.86. The lowest BCUT2D eigenvalue weighted by Gasteiger charge is -2.32. The maximum atomic E-state index is 13.0. The van der Waals surface area contributed by atoms with Crippen LogP contribution in [0.5, 0.6) is 0 Å². The van der Waals surface area contributed by atoms with E-state index in [9.17, 15) is 4.79 Å². The van der Waals surface area contributed by atoms with Crippen LogP contribution in [-0.4, -0.2) is 72.2 Å². The summed E-state index contributed by atoms with van der Waals surface area (Å²) in [6.45, 7) is 7.97. The van der Waals surface area contributed by atoms with Gasteiger partial charge in [-0.25, -0.2) is 4.98 Å². The second kappa shape index (κ2) is 8.59. The number of likely N-dealkylation sites (N-methyl/N-ethyl adjacent to an activating group) is 1. The van der Waals surface area contributed by atoms with E-state index in [1.165, 1.54) is 29.9 Å². The molecule has 0 saturated carbocycles. The average molecular weight is 440 g/mol. The van der Waals surface area contributed by atoms with Gasteiger partial charge in [-0.1, -0.05) is 12.1 Å². The molecular formula is C23H29N5O2S. The van der Waals surface area contributed by atoms with E-state index in [-0.39, 0.29) is 5.91 Å². The molecule has 2 aromatic heterocycles. The minimum Gasteiger partial charge on any atom is -0.371 e. The Labute approximate surface area is 186 Å². The summed E-state index contributed by atoms with van der Waals surface area (Å²) in [5.74, 6) is 0.863. The number of carbonyl (C=O) groups is 1. The fourth-order valence-corrected chi connectivity index (χ4v) is 5.31. The minimum atomic E-state index is 0.0634. The van der Waals surface area contributed by atoms with Crippen LogP contribution in [0.15, 0.2) is 28.9 Å². The van der Waals surface area contributed by atoms with E-state index in [0.717, 1.165) is 67.6 Å². The van der Waals surface area contributed by atoms with Gasteiger partial charge in [0.1, 0.15) is 15.6 Å². The van der Waals surface area contributed by atoms with E-state index in [0.29, 0.717) is 10.6 Å². The van der Waals surface area contributed by atoms with Crippen LogP contribution < -0.4 is 4.90 Å². The highest BCUT2D eigenvalue weighted by molar-refractivity contribution is 7.17. The standard InChI is InChI=1S/C23H29N5O2S/c1-16-6-10-27(11-7-16)17-4-5-18-19(14-17)30-25-21(18)22-24-15-20(31-22)23(29)28-9-3-8-26(2)12-13-28/h4-5,14-16H,3,6-13H2,1-2H3. The molecule has 0 spiro atoms. The number of piperidine rings is 1. The molecule has 0 aliphatic carbocycles. The van der Waals surface area contributed by atoms with Crippen molar-refractivity contribution in [3.63, 3.8) is 0 Å². The Balaban J connectivity index is 1.35. The SMILES string of the molecule is CC1CCN(c2ccc3c(-c4ncc(C(=O)N5CCCN(C)CC5)s4)noc3c2)CC1. The van der Waals surface area contributed by atoms with Gasteiger partial charge in [-0.05, 0) is 50.9 Å². The number of nitrogens with zero attached hydrogens (tertiary/aromatic N) is 5. The molecule has 2 aliphatic heterocycles. The maximum absolute atomic E-state index is 13.0. The number of aromatic nitrogens is 2. The highest BCUT2D eigenvalue weighted by Gasteiger charge is 2.23. The first-order valence-electron chi connectivity index (χ1n) is 11.2. The highest BCUT2D eigenvalue weighted by Crippen LogP contribution is 2.34. The van der Waals surface area contributed by atoms with Gasteiger partial charge in [0, 0.05) is 44.5 Å². The molecule has 0 N–H and O–H groups in total. The molecule has 4 heterocycles. The molecule has 0 radical (unpaired) electrons. The second-order valence-corrected chi connectivity index (χ2v) is 9.89. The lowest BCUT2D eigenvalue weighted by atomic mass is 9.99. The quantitative estimate of drug-likeness (QED) is 0.615. The van der Waals surface area contributed by atoms with E-state index >= 15 is 0 Å². The van der Waals surface area contributed by atoms with Crippen LogP contribution in [0.1, 0.15) is 35.9 Å². The van der Waals surface area contributed by atoms with Crippen molar-refractivity contribution in [3.8, 4) is 10.7 Å². The summed E-state index contributed by atoms with van der Waals surface area (Å²) in [6.07, 6.45) is 5.13. The molecule has 31 heavy (non-hydrogen) atoms. The Morgan fingerprint density at radius 1 is 1.13 bits per heavy atom. The van der Waals surface area contributed by atoms with Gasteiger partial charge in [0.15, 0.2) is 5.58 Å². The minimum absolute atomic E-state index is 0.0634. The molecule has 8 heteroatoms. The number of anilines is 1. The molecule has 3 aromatic rings. The largest absolute Gasteiger partial charge is 0.371 e. The van der Waals surface area contributed by atoms with Crippen LogP contribution in [-0.2, 0) is 0 Å². The van der Waals surface area contributed by atoms with Crippen LogP contribution in [0.3, 0.4) is 0 Å². The Morgan fingerprint density at radius 2 is 1.97 bits per heavy atom. The van der Waals surface area contributed by atoms with Crippen molar-refractivity contribution in [2.75, 3.05) is 51.2 Å². The third kappa shape index (κ3) is 4.19. The summed E-state index contributed by atoms with van der Waals surface area (Å²) in [5, 5.41) is 5.97. The van der Waals surface area contributed by atoms with Crippen LogP contribution in [0.25, 0.3) is 21.7 Å². The number of carbonyl (C=O) groups excluding carboxylic acids is 1. The molecule has 7 nitrogen and oxygen atoms in total. The fraction of sp³-hybridized carbons (Fsp3) is 0.522. The molecule has 0 unspecified atom stereocenters. The number of amides is 1. The third-order valence-corrected chi connectivity index (χ3v) is 7.52. The van der Waals surface area contributed by atoms with E-state index in [1.807, 2.05) is 4.90 Å². The van der Waals surface area contributed by atoms with Crippen molar-refractivity contribution in [1.29, 1.82) is 0 Å². The maximum Gasteiger partial charge on any atom is 0.265 e. The molecule has 164 valence electrons. The van der Waals surface area contributed by atoms with Crippen LogP contribution in [0.2, 0.25) is 0 Å². The predicted octanol–water partition coefficient (Wildman–Crippen LogP) is 3.97.